The molecule has 2 bridgehead atoms. The van der Waals surface area contributed by atoms with Crippen molar-refractivity contribution >= 4 is 11.8 Å². The Balaban J connectivity index is 1.24. The Bertz CT molecular complexity index is 971. The number of amides is 1. The second kappa shape index (κ2) is 11.0. The maximum Gasteiger partial charge on any atom is 0.414 e. The Morgan fingerprint density at radius 2 is 1.66 bits per heavy atom. The van der Waals surface area contributed by atoms with Gasteiger partial charge >= 0.3 is 6.09 Å². The van der Waals surface area contributed by atoms with Crippen molar-refractivity contribution in [3.8, 4) is 5.75 Å². The van der Waals surface area contributed by atoms with Gasteiger partial charge in [-0.05, 0) is 43.0 Å². The molecule has 0 radical (unpaired) electrons. The van der Waals surface area contributed by atoms with Gasteiger partial charge in [-0.15, -0.1) is 0 Å². The molecule has 2 aromatic rings. The monoisotopic (exact) mass is 481 g/mol. The van der Waals surface area contributed by atoms with Gasteiger partial charge in [-0.2, -0.15) is 0 Å². The zero-order chi connectivity index (χ0) is 24.1. The summed E-state index contributed by atoms with van der Waals surface area (Å²) in [6.07, 6.45) is 7.40. The van der Waals surface area contributed by atoms with Crippen LogP contribution in [0.2, 0.25) is 0 Å². The molecule has 6 rings (SSSR count). The van der Waals surface area contributed by atoms with Crippen LogP contribution in [0.25, 0.3) is 0 Å². The smallest absolute Gasteiger partial charge is 0.414 e. The highest BCUT2D eigenvalue weighted by atomic mass is 19.1. The highest BCUT2D eigenvalue weighted by molar-refractivity contribution is 5.88. The SMILES string of the molecule is O=C(O[C@H]1C[N+]2(CCOc3ccccc3)CCC1CC2)N(CC1CCCCC1)c1ccccc1F. The van der Waals surface area contributed by atoms with Gasteiger partial charge < -0.3 is 14.0 Å². The number of anilines is 1. The highest BCUT2D eigenvalue weighted by Gasteiger charge is 2.48. The Morgan fingerprint density at radius 3 is 2.40 bits per heavy atom. The molecule has 0 N–H and O–H groups in total. The van der Waals surface area contributed by atoms with Crippen LogP contribution in [0.15, 0.2) is 54.6 Å². The fourth-order valence-corrected chi connectivity index (χ4v) is 6.31. The van der Waals surface area contributed by atoms with E-state index in [0.717, 1.165) is 62.1 Å². The lowest BCUT2D eigenvalue weighted by atomic mass is 9.83. The summed E-state index contributed by atoms with van der Waals surface area (Å²) in [6, 6.07) is 16.5. The topological polar surface area (TPSA) is 38.8 Å². The standard InChI is InChI=1S/C29H38FN2O3/c30-26-13-7-8-14-27(26)31(21-23-9-3-1-4-10-23)29(33)35-28-22-32(17-15-24(28)16-18-32)19-20-34-25-11-5-2-6-12-25/h2,5-8,11-14,23-24,28H,1,3-4,9-10,15-22H2/q+1/t24?,28-,32?/m0/s1. The normalized spacial score (nSPS) is 26.3. The molecule has 188 valence electrons. The molecule has 1 aliphatic carbocycles. The highest BCUT2D eigenvalue weighted by Crippen LogP contribution is 2.36. The predicted molar refractivity (Wildman–Crippen MR) is 135 cm³/mol. The second-order valence-electron chi connectivity index (χ2n) is 10.7. The summed E-state index contributed by atoms with van der Waals surface area (Å²) in [5, 5.41) is 0. The molecule has 1 saturated carbocycles. The number of quaternary nitrogens is 1. The van der Waals surface area contributed by atoms with E-state index in [2.05, 4.69) is 0 Å². The summed E-state index contributed by atoms with van der Waals surface area (Å²) in [5.41, 5.74) is 0.338. The van der Waals surface area contributed by atoms with Gasteiger partial charge in [0.25, 0.3) is 0 Å². The van der Waals surface area contributed by atoms with Crippen molar-refractivity contribution in [2.45, 2.75) is 51.0 Å². The molecule has 1 atom stereocenters. The van der Waals surface area contributed by atoms with Gasteiger partial charge in [-0.1, -0.05) is 49.6 Å². The molecule has 0 unspecified atom stereocenters. The van der Waals surface area contributed by atoms with Crippen molar-refractivity contribution in [2.24, 2.45) is 11.8 Å². The van der Waals surface area contributed by atoms with Crippen molar-refractivity contribution < 1.29 is 23.1 Å². The maximum absolute atomic E-state index is 14.8. The van der Waals surface area contributed by atoms with Crippen LogP contribution in [-0.2, 0) is 4.74 Å². The van der Waals surface area contributed by atoms with Gasteiger partial charge in [0.2, 0.25) is 0 Å². The molecular weight excluding hydrogens is 443 g/mol. The third-order valence-corrected chi connectivity index (χ3v) is 8.40. The van der Waals surface area contributed by atoms with Gasteiger partial charge in [0.15, 0.2) is 6.10 Å². The largest absolute Gasteiger partial charge is 0.488 e. The fourth-order valence-electron chi connectivity index (χ4n) is 6.31. The van der Waals surface area contributed by atoms with Crippen LogP contribution in [0.3, 0.4) is 0 Å². The van der Waals surface area contributed by atoms with Crippen LogP contribution in [0.5, 0.6) is 5.75 Å². The van der Waals surface area contributed by atoms with E-state index in [0.29, 0.717) is 30.7 Å². The van der Waals surface area contributed by atoms with Crippen molar-refractivity contribution in [1.29, 1.82) is 0 Å². The average Bonchev–Trinajstić information content (AvgIpc) is 2.89. The van der Waals surface area contributed by atoms with E-state index >= 15 is 0 Å². The average molecular weight is 482 g/mol. The third kappa shape index (κ3) is 5.80. The van der Waals surface area contributed by atoms with Gasteiger partial charge in [0.05, 0.1) is 18.8 Å². The van der Waals surface area contributed by atoms with Crippen LogP contribution in [0, 0.1) is 17.7 Å². The van der Waals surface area contributed by atoms with Crippen LogP contribution >= 0.6 is 0 Å². The number of carbonyl (C=O) groups excluding carboxylic acids is 1. The molecule has 0 spiro atoms. The van der Waals surface area contributed by atoms with Crippen LogP contribution in [0.4, 0.5) is 14.9 Å². The minimum Gasteiger partial charge on any atom is -0.488 e. The second-order valence-corrected chi connectivity index (χ2v) is 10.7. The quantitative estimate of drug-likeness (QED) is 0.432. The lowest BCUT2D eigenvalue weighted by Crippen LogP contribution is -2.65. The number of fused-ring (bicyclic) bond motifs is 3. The molecule has 3 heterocycles. The molecule has 4 fully saturated rings. The molecule has 6 heteroatoms. The van der Waals surface area contributed by atoms with Crippen LogP contribution < -0.4 is 9.64 Å². The Hall–Kier alpha value is -2.60. The number of hydrogen-bond donors (Lipinski definition) is 0. The van der Waals surface area contributed by atoms with E-state index in [1.54, 1.807) is 23.1 Å². The molecule has 3 aliphatic heterocycles. The van der Waals surface area contributed by atoms with Gasteiger partial charge in [-0.25, -0.2) is 9.18 Å². The van der Waals surface area contributed by atoms with E-state index < -0.39 is 6.09 Å². The van der Waals surface area contributed by atoms with Crippen molar-refractivity contribution in [2.75, 3.05) is 44.2 Å². The van der Waals surface area contributed by atoms with E-state index in [9.17, 15) is 9.18 Å². The molecule has 2 aromatic carbocycles. The summed E-state index contributed by atoms with van der Waals surface area (Å²) >= 11 is 0. The number of halogens is 1. The Labute approximate surface area is 208 Å². The summed E-state index contributed by atoms with van der Waals surface area (Å²) < 4.78 is 27.9. The zero-order valence-corrected chi connectivity index (χ0v) is 20.6. The first kappa shape index (κ1) is 24.1. The van der Waals surface area contributed by atoms with E-state index in [1.807, 2.05) is 30.3 Å². The third-order valence-electron chi connectivity index (χ3n) is 8.40. The number of benzene rings is 2. The molecule has 5 nitrogen and oxygen atoms in total. The summed E-state index contributed by atoms with van der Waals surface area (Å²) in [7, 11) is 0. The van der Waals surface area contributed by atoms with E-state index in [4.69, 9.17) is 9.47 Å². The van der Waals surface area contributed by atoms with Gasteiger partial charge in [0.1, 0.15) is 31.3 Å². The molecule has 1 amide bonds. The van der Waals surface area contributed by atoms with Crippen molar-refractivity contribution in [3.63, 3.8) is 0 Å². The number of para-hydroxylation sites is 2. The van der Waals surface area contributed by atoms with Crippen LogP contribution in [-0.4, -0.2) is 56.0 Å². The number of hydrogen-bond acceptors (Lipinski definition) is 3. The molecule has 0 aromatic heterocycles. The minimum absolute atomic E-state index is 0.123. The molecule has 4 aliphatic rings. The lowest BCUT2D eigenvalue weighted by Gasteiger charge is -2.52. The number of piperidine rings is 3. The summed E-state index contributed by atoms with van der Waals surface area (Å²) in [4.78, 5) is 15.1. The van der Waals surface area contributed by atoms with Crippen molar-refractivity contribution in [3.05, 3.63) is 60.4 Å². The Morgan fingerprint density at radius 1 is 0.943 bits per heavy atom. The van der Waals surface area contributed by atoms with E-state index in [1.165, 1.54) is 25.3 Å². The summed E-state index contributed by atoms with van der Waals surface area (Å²) in [6.45, 7) is 5.13. The first-order valence-electron chi connectivity index (χ1n) is 13.4. The number of carbonyl (C=O) groups is 1. The molecule has 35 heavy (non-hydrogen) atoms. The first-order valence-corrected chi connectivity index (χ1v) is 13.4. The molecular formula is C29H38FN2O3+. The van der Waals surface area contributed by atoms with E-state index in [-0.39, 0.29) is 11.9 Å². The number of ether oxygens (including phenoxy) is 2. The zero-order valence-electron chi connectivity index (χ0n) is 20.6. The first-order chi connectivity index (χ1) is 17.1. The van der Waals surface area contributed by atoms with Gasteiger partial charge in [-0.3, -0.25) is 4.90 Å². The number of rotatable bonds is 8. The summed E-state index contributed by atoms with van der Waals surface area (Å²) in [5.74, 6) is 1.32. The fraction of sp³-hybridized carbons (Fsp3) is 0.552. The van der Waals surface area contributed by atoms with Crippen molar-refractivity contribution in [1.82, 2.24) is 0 Å². The van der Waals surface area contributed by atoms with Crippen LogP contribution in [0.1, 0.15) is 44.9 Å². The molecule has 3 saturated heterocycles. The van der Waals surface area contributed by atoms with Gasteiger partial charge in [0, 0.05) is 25.3 Å². The maximum atomic E-state index is 14.8. The minimum atomic E-state index is -0.391. The number of nitrogens with zero attached hydrogens (tertiary/aromatic N) is 2. The Kier molecular flexibility index (Phi) is 7.57. The lowest BCUT2D eigenvalue weighted by molar-refractivity contribution is -0.946. The predicted octanol–water partition coefficient (Wildman–Crippen LogP) is 6.04.